The first-order valence-corrected chi connectivity index (χ1v) is 9.99. The zero-order chi connectivity index (χ0) is 21.0. The highest BCUT2D eigenvalue weighted by Crippen LogP contribution is 2.31. The minimum absolute atomic E-state index is 0.125. The number of ether oxygens (including phenoxy) is 1. The normalized spacial score (nSPS) is 14.3. The predicted octanol–water partition coefficient (Wildman–Crippen LogP) is 4.31. The maximum absolute atomic E-state index is 13.2. The summed E-state index contributed by atoms with van der Waals surface area (Å²) >= 11 is 0. The topological polar surface area (TPSA) is 58.6 Å². The lowest BCUT2D eigenvalue weighted by molar-refractivity contribution is -0.137. The van der Waals surface area contributed by atoms with Gasteiger partial charge in [-0.15, -0.1) is 0 Å². The molecule has 1 heterocycles. The first-order valence-electron chi connectivity index (χ1n) is 9.99. The molecule has 0 radical (unpaired) electrons. The average Bonchev–Trinajstić information content (AvgIpc) is 2.90. The second kappa shape index (κ2) is 9.05. The lowest BCUT2D eigenvalue weighted by atomic mass is 10.0. The van der Waals surface area contributed by atoms with Crippen LogP contribution < -0.4 is 5.32 Å². The molecular formula is C24H28N2O3. The van der Waals surface area contributed by atoms with Crippen LogP contribution in [0.3, 0.4) is 0 Å². The van der Waals surface area contributed by atoms with Crippen molar-refractivity contribution in [1.82, 2.24) is 4.90 Å². The number of hydrogen-bond acceptors (Lipinski definition) is 4. The van der Waals surface area contributed by atoms with Crippen molar-refractivity contribution in [3.8, 4) is 0 Å². The van der Waals surface area contributed by atoms with E-state index in [1.54, 1.807) is 0 Å². The number of carbonyl (C=O) groups is 2. The van der Waals surface area contributed by atoms with Crippen LogP contribution in [-0.2, 0) is 14.3 Å². The Balaban J connectivity index is 1.90. The second-order valence-electron chi connectivity index (χ2n) is 7.65. The fraction of sp³-hybridized carbons (Fsp3) is 0.333. The molecule has 1 aliphatic rings. The third kappa shape index (κ3) is 4.93. The van der Waals surface area contributed by atoms with Crippen LogP contribution >= 0.6 is 0 Å². The van der Waals surface area contributed by atoms with E-state index in [9.17, 15) is 9.59 Å². The highest BCUT2D eigenvalue weighted by molar-refractivity contribution is 6.36. The summed E-state index contributed by atoms with van der Waals surface area (Å²) in [6, 6.07) is 15.4. The molecule has 0 aromatic heterocycles. The largest absolute Gasteiger partial charge is 0.379 e. The van der Waals surface area contributed by atoms with Gasteiger partial charge in [0.1, 0.15) is 5.70 Å². The van der Waals surface area contributed by atoms with Gasteiger partial charge in [0.25, 0.3) is 11.8 Å². The Morgan fingerprint density at radius 3 is 2.34 bits per heavy atom. The molecule has 152 valence electrons. The summed E-state index contributed by atoms with van der Waals surface area (Å²) in [5.74, 6) is -0.560. The standard InChI is InChI=1S/C24H28N2O3/c1-16(2)29-14-6-13-26-23(27)21(19-11-9-17(3)10-12-19)22(24(26)28)25-20-8-5-7-18(4)15-20/h5,7-12,15-16,25H,6,13-14H2,1-4H3. The minimum atomic E-state index is -0.295. The van der Waals surface area contributed by atoms with Gasteiger partial charge in [0.15, 0.2) is 0 Å². The van der Waals surface area contributed by atoms with Crippen LogP contribution in [0.2, 0.25) is 0 Å². The van der Waals surface area contributed by atoms with Crippen LogP contribution in [0.1, 0.15) is 37.0 Å². The second-order valence-corrected chi connectivity index (χ2v) is 7.65. The molecule has 5 nitrogen and oxygen atoms in total. The van der Waals surface area contributed by atoms with Crippen molar-refractivity contribution in [2.45, 2.75) is 40.2 Å². The molecule has 0 aliphatic carbocycles. The monoisotopic (exact) mass is 392 g/mol. The number of aryl methyl sites for hydroxylation is 2. The summed E-state index contributed by atoms with van der Waals surface area (Å²) < 4.78 is 5.55. The molecular weight excluding hydrogens is 364 g/mol. The van der Waals surface area contributed by atoms with E-state index < -0.39 is 0 Å². The summed E-state index contributed by atoms with van der Waals surface area (Å²) in [6.07, 6.45) is 0.731. The van der Waals surface area contributed by atoms with Crippen LogP contribution in [0.4, 0.5) is 5.69 Å². The Hall–Kier alpha value is -2.92. The van der Waals surface area contributed by atoms with Gasteiger partial charge in [-0.3, -0.25) is 14.5 Å². The van der Waals surface area contributed by atoms with Crippen molar-refractivity contribution in [2.24, 2.45) is 0 Å². The Morgan fingerprint density at radius 1 is 0.966 bits per heavy atom. The maximum atomic E-state index is 13.2. The number of benzene rings is 2. The van der Waals surface area contributed by atoms with Crippen LogP contribution in [0.25, 0.3) is 5.57 Å². The van der Waals surface area contributed by atoms with Gasteiger partial charge in [-0.2, -0.15) is 0 Å². The molecule has 2 aromatic rings. The number of amides is 2. The molecule has 2 aromatic carbocycles. The van der Waals surface area contributed by atoms with E-state index in [1.165, 1.54) is 4.90 Å². The van der Waals surface area contributed by atoms with Crippen LogP contribution in [0, 0.1) is 13.8 Å². The molecule has 29 heavy (non-hydrogen) atoms. The number of hydrogen-bond donors (Lipinski definition) is 1. The van der Waals surface area contributed by atoms with E-state index in [2.05, 4.69) is 5.32 Å². The summed E-state index contributed by atoms with van der Waals surface area (Å²) in [5.41, 5.74) is 4.45. The molecule has 0 atom stereocenters. The molecule has 1 aliphatic heterocycles. The van der Waals surface area contributed by atoms with E-state index in [0.717, 1.165) is 22.4 Å². The third-order valence-corrected chi connectivity index (χ3v) is 4.77. The zero-order valence-electron chi connectivity index (χ0n) is 17.5. The number of rotatable bonds is 8. The van der Waals surface area contributed by atoms with Crippen LogP contribution in [0.5, 0.6) is 0 Å². The van der Waals surface area contributed by atoms with E-state index in [1.807, 2.05) is 76.2 Å². The number of imide groups is 1. The van der Waals surface area contributed by atoms with Crippen molar-refractivity contribution in [3.63, 3.8) is 0 Å². The summed E-state index contributed by atoms with van der Waals surface area (Å²) in [7, 11) is 0. The number of anilines is 1. The SMILES string of the molecule is Cc1ccc(C2=C(Nc3cccc(C)c3)C(=O)N(CCCOC(C)C)C2=O)cc1. The number of carbonyl (C=O) groups excluding carboxylic acids is 2. The van der Waals surface area contributed by atoms with Gasteiger partial charge in [0, 0.05) is 18.8 Å². The molecule has 0 saturated carbocycles. The molecule has 3 rings (SSSR count). The van der Waals surface area contributed by atoms with E-state index in [4.69, 9.17) is 4.74 Å². The maximum Gasteiger partial charge on any atom is 0.278 e. The van der Waals surface area contributed by atoms with Crippen molar-refractivity contribution in [2.75, 3.05) is 18.5 Å². The van der Waals surface area contributed by atoms with Crippen molar-refractivity contribution < 1.29 is 14.3 Å². The van der Waals surface area contributed by atoms with Gasteiger partial charge >= 0.3 is 0 Å². The van der Waals surface area contributed by atoms with Gasteiger partial charge in [-0.1, -0.05) is 42.0 Å². The fourth-order valence-corrected chi connectivity index (χ4v) is 3.29. The van der Waals surface area contributed by atoms with Crippen LogP contribution in [0.15, 0.2) is 54.2 Å². The van der Waals surface area contributed by atoms with Crippen molar-refractivity contribution in [1.29, 1.82) is 0 Å². The van der Waals surface area contributed by atoms with Crippen molar-refractivity contribution >= 4 is 23.1 Å². The predicted molar refractivity (Wildman–Crippen MR) is 115 cm³/mol. The first-order chi connectivity index (χ1) is 13.9. The van der Waals surface area contributed by atoms with Crippen LogP contribution in [-0.4, -0.2) is 36.0 Å². The van der Waals surface area contributed by atoms with E-state index in [-0.39, 0.29) is 17.9 Å². The van der Waals surface area contributed by atoms with E-state index in [0.29, 0.717) is 30.8 Å². The van der Waals surface area contributed by atoms with E-state index >= 15 is 0 Å². The molecule has 0 bridgehead atoms. The van der Waals surface area contributed by atoms with Crippen molar-refractivity contribution in [3.05, 3.63) is 70.9 Å². The smallest absolute Gasteiger partial charge is 0.278 e. The highest BCUT2D eigenvalue weighted by Gasteiger charge is 2.38. The van der Waals surface area contributed by atoms with Gasteiger partial charge in [-0.05, 0) is 57.4 Å². The molecule has 0 fully saturated rings. The Morgan fingerprint density at radius 2 is 1.69 bits per heavy atom. The molecule has 0 unspecified atom stereocenters. The summed E-state index contributed by atoms with van der Waals surface area (Å²) in [5, 5.41) is 3.20. The van der Waals surface area contributed by atoms with Gasteiger partial charge in [0.2, 0.25) is 0 Å². The average molecular weight is 392 g/mol. The highest BCUT2D eigenvalue weighted by atomic mass is 16.5. The Labute approximate surface area is 172 Å². The molecule has 2 amide bonds. The lowest BCUT2D eigenvalue weighted by Crippen LogP contribution is -2.34. The molecule has 1 N–H and O–H groups in total. The zero-order valence-corrected chi connectivity index (χ0v) is 17.5. The number of nitrogens with zero attached hydrogens (tertiary/aromatic N) is 1. The quantitative estimate of drug-likeness (QED) is 0.537. The summed E-state index contributed by atoms with van der Waals surface area (Å²) in [6.45, 7) is 8.75. The van der Waals surface area contributed by atoms with Gasteiger partial charge < -0.3 is 10.1 Å². The molecule has 5 heteroatoms. The Kier molecular flexibility index (Phi) is 6.49. The molecule has 0 spiro atoms. The fourth-order valence-electron chi connectivity index (χ4n) is 3.29. The number of nitrogens with one attached hydrogen (secondary N) is 1. The first kappa shape index (κ1) is 20.8. The van der Waals surface area contributed by atoms with Gasteiger partial charge in [-0.25, -0.2) is 0 Å². The Bertz CT molecular complexity index is 929. The minimum Gasteiger partial charge on any atom is -0.379 e. The third-order valence-electron chi connectivity index (χ3n) is 4.77. The summed E-state index contributed by atoms with van der Waals surface area (Å²) in [4.78, 5) is 27.6. The van der Waals surface area contributed by atoms with Gasteiger partial charge in [0.05, 0.1) is 11.7 Å². The molecule has 0 saturated heterocycles. The lowest BCUT2D eigenvalue weighted by Gasteiger charge is -2.16.